The van der Waals surface area contributed by atoms with E-state index < -0.39 is 30.1 Å². The lowest BCUT2D eigenvalue weighted by atomic mass is 10.3. The number of rotatable bonds is 4. The van der Waals surface area contributed by atoms with E-state index in [1.165, 1.54) is 24.4 Å². The highest BCUT2D eigenvalue weighted by molar-refractivity contribution is 6.29. The molecule has 8 heteroatoms. The van der Waals surface area contributed by atoms with Crippen LogP contribution < -0.4 is 5.32 Å². The summed E-state index contributed by atoms with van der Waals surface area (Å²) in [6.07, 6.45) is 1.21. The molecule has 0 radical (unpaired) electrons. The zero-order valence-electron chi connectivity index (χ0n) is 11.0. The van der Waals surface area contributed by atoms with E-state index in [4.69, 9.17) is 16.3 Å². The van der Waals surface area contributed by atoms with Crippen molar-refractivity contribution in [2.45, 2.75) is 0 Å². The lowest BCUT2D eigenvalue weighted by molar-refractivity contribution is -0.119. The van der Waals surface area contributed by atoms with Gasteiger partial charge in [-0.05, 0) is 24.3 Å². The first-order valence-corrected chi connectivity index (χ1v) is 6.37. The number of amides is 1. The van der Waals surface area contributed by atoms with E-state index in [0.717, 1.165) is 12.1 Å². The Hall–Kier alpha value is -2.54. The van der Waals surface area contributed by atoms with Gasteiger partial charge in [0.25, 0.3) is 5.91 Å². The summed E-state index contributed by atoms with van der Waals surface area (Å²) in [6, 6.07) is 5.67. The van der Waals surface area contributed by atoms with Crippen LogP contribution in [0.1, 0.15) is 10.4 Å². The number of aromatic nitrogens is 1. The molecule has 0 aliphatic carbocycles. The molecule has 0 aliphatic rings. The van der Waals surface area contributed by atoms with Crippen molar-refractivity contribution in [3.8, 4) is 0 Å². The van der Waals surface area contributed by atoms with Crippen LogP contribution in [-0.4, -0.2) is 23.5 Å². The van der Waals surface area contributed by atoms with Crippen LogP contribution >= 0.6 is 11.6 Å². The third-order valence-corrected chi connectivity index (χ3v) is 2.72. The van der Waals surface area contributed by atoms with Crippen LogP contribution in [0, 0.1) is 11.6 Å². The molecule has 0 saturated heterocycles. The average Bonchev–Trinajstić information content (AvgIpc) is 2.49. The van der Waals surface area contributed by atoms with Crippen molar-refractivity contribution >= 4 is 29.2 Å². The van der Waals surface area contributed by atoms with Gasteiger partial charge in [-0.15, -0.1) is 0 Å². The van der Waals surface area contributed by atoms with Crippen molar-refractivity contribution in [1.82, 2.24) is 4.98 Å². The molecule has 1 amide bonds. The highest BCUT2D eigenvalue weighted by Gasteiger charge is 2.11. The van der Waals surface area contributed by atoms with Crippen LogP contribution in [0.2, 0.25) is 5.15 Å². The highest BCUT2D eigenvalue weighted by atomic mass is 35.5. The van der Waals surface area contributed by atoms with Crippen LogP contribution in [0.15, 0.2) is 36.5 Å². The number of carbonyl (C=O) groups is 2. The molecule has 0 bridgehead atoms. The molecule has 0 unspecified atom stereocenters. The second kappa shape index (κ2) is 6.95. The standard InChI is InChI=1S/C14H9ClF2N2O3/c15-12-4-1-8(6-18-12)14(21)22-7-13(20)19-9-2-3-10(16)11(17)5-9/h1-6H,7H2,(H,19,20). The number of anilines is 1. The van der Waals surface area contributed by atoms with Crippen LogP contribution in [0.3, 0.4) is 0 Å². The van der Waals surface area contributed by atoms with Gasteiger partial charge in [0.2, 0.25) is 0 Å². The SMILES string of the molecule is O=C(COC(=O)c1ccc(Cl)nc1)Nc1ccc(F)c(F)c1. The van der Waals surface area contributed by atoms with Gasteiger partial charge in [-0.3, -0.25) is 4.79 Å². The second-order valence-electron chi connectivity index (χ2n) is 4.12. The summed E-state index contributed by atoms with van der Waals surface area (Å²) < 4.78 is 30.5. The normalized spacial score (nSPS) is 10.1. The zero-order chi connectivity index (χ0) is 16.1. The van der Waals surface area contributed by atoms with Crippen molar-refractivity contribution in [1.29, 1.82) is 0 Å². The van der Waals surface area contributed by atoms with Crippen molar-refractivity contribution in [3.05, 3.63) is 58.9 Å². The van der Waals surface area contributed by atoms with Gasteiger partial charge in [0, 0.05) is 18.0 Å². The number of esters is 1. The highest BCUT2D eigenvalue weighted by Crippen LogP contribution is 2.13. The maximum atomic E-state index is 13.0. The minimum atomic E-state index is -1.10. The van der Waals surface area contributed by atoms with E-state index in [0.29, 0.717) is 0 Å². The zero-order valence-corrected chi connectivity index (χ0v) is 11.7. The Morgan fingerprint density at radius 3 is 2.59 bits per heavy atom. The van der Waals surface area contributed by atoms with Crippen molar-refractivity contribution in [2.24, 2.45) is 0 Å². The summed E-state index contributed by atoms with van der Waals surface area (Å²) in [5, 5.41) is 2.48. The molecule has 2 rings (SSSR count). The Labute approximate surface area is 128 Å². The predicted octanol–water partition coefficient (Wildman–Crippen LogP) is 2.81. The third-order valence-electron chi connectivity index (χ3n) is 2.50. The number of halogens is 3. The smallest absolute Gasteiger partial charge is 0.340 e. The molecule has 0 atom stereocenters. The fraction of sp³-hybridized carbons (Fsp3) is 0.0714. The maximum Gasteiger partial charge on any atom is 0.340 e. The number of carbonyl (C=O) groups excluding carboxylic acids is 2. The van der Waals surface area contributed by atoms with E-state index in [2.05, 4.69) is 10.3 Å². The Bertz CT molecular complexity index is 708. The fourth-order valence-electron chi connectivity index (χ4n) is 1.48. The number of nitrogens with one attached hydrogen (secondary N) is 1. The number of hydrogen-bond acceptors (Lipinski definition) is 4. The molecule has 2 aromatic rings. The van der Waals surface area contributed by atoms with Crippen LogP contribution in [0.5, 0.6) is 0 Å². The third kappa shape index (κ3) is 4.23. The first-order valence-electron chi connectivity index (χ1n) is 5.99. The van der Waals surface area contributed by atoms with Crippen LogP contribution in [-0.2, 0) is 9.53 Å². The molecular weight excluding hydrogens is 318 g/mol. The van der Waals surface area contributed by atoms with E-state index in [-0.39, 0.29) is 16.4 Å². The second-order valence-corrected chi connectivity index (χ2v) is 4.51. The predicted molar refractivity (Wildman–Crippen MR) is 74.5 cm³/mol. The van der Waals surface area contributed by atoms with Crippen molar-refractivity contribution in [3.63, 3.8) is 0 Å². The van der Waals surface area contributed by atoms with E-state index in [1.807, 2.05) is 0 Å². The van der Waals surface area contributed by atoms with Gasteiger partial charge in [-0.25, -0.2) is 18.6 Å². The molecule has 0 spiro atoms. The topological polar surface area (TPSA) is 68.3 Å². The molecule has 1 aromatic carbocycles. The van der Waals surface area contributed by atoms with E-state index in [1.54, 1.807) is 0 Å². The van der Waals surface area contributed by atoms with Crippen molar-refractivity contribution in [2.75, 3.05) is 11.9 Å². The van der Waals surface area contributed by atoms with Gasteiger partial charge in [-0.1, -0.05) is 11.6 Å². The first-order chi connectivity index (χ1) is 10.5. The summed E-state index contributed by atoms with van der Waals surface area (Å²) in [5.74, 6) is -3.58. The monoisotopic (exact) mass is 326 g/mol. The molecular formula is C14H9ClF2N2O3. The molecule has 0 aliphatic heterocycles. The van der Waals surface area contributed by atoms with E-state index >= 15 is 0 Å². The van der Waals surface area contributed by atoms with Gasteiger partial charge < -0.3 is 10.1 Å². The number of pyridine rings is 1. The van der Waals surface area contributed by atoms with E-state index in [9.17, 15) is 18.4 Å². The fourth-order valence-corrected chi connectivity index (χ4v) is 1.59. The molecule has 0 fully saturated rings. The maximum absolute atomic E-state index is 13.0. The summed E-state index contributed by atoms with van der Waals surface area (Å²) in [7, 11) is 0. The van der Waals surface area contributed by atoms with Gasteiger partial charge >= 0.3 is 5.97 Å². The number of nitrogens with zero attached hydrogens (tertiary/aromatic N) is 1. The number of benzene rings is 1. The largest absolute Gasteiger partial charge is 0.452 e. The van der Waals surface area contributed by atoms with Gasteiger partial charge in [0.1, 0.15) is 5.15 Å². The molecule has 0 saturated carbocycles. The number of ether oxygens (including phenoxy) is 1. The summed E-state index contributed by atoms with van der Waals surface area (Å²) in [5.41, 5.74) is 0.179. The van der Waals surface area contributed by atoms with Gasteiger partial charge in [-0.2, -0.15) is 0 Å². The molecule has 5 nitrogen and oxygen atoms in total. The van der Waals surface area contributed by atoms with Crippen LogP contribution in [0.4, 0.5) is 14.5 Å². The van der Waals surface area contributed by atoms with Gasteiger partial charge in [0.05, 0.1) is 5.56 Å². The lowest BCUT2D eigenvalue weighted by Gasteiger charge is -2.07. The number of hydrogen-bond donors (Lipinski definition) is 1. The summed E-state index contributed by atoms with van der Waals surface area (Å²) >= 11 is 5.57. The molecule has 1 heterocycles. The Kier molecular flexibility index (Phi) is 5.00. The molecule has 22 heavy (non-hydrogen) atoms. The first kappa shape index (κ1) is 15.8. The Morgan fingerprint density at radius 1 is 1.18 bits per heavy atom. The quantitative estimate of drug-likeness (QED) is 0.693. The molecule has 1 N–H and O–H groups in total. The van der Waals surface area contributed by atoms with Gasteiger partial charge in [0.15, 0.2) is 18.2 Å². The lowest BCUT2D eigenvalue weighted by Crippen LogP contribution is -2.21. The molecule has 1 aromatic heterocycles. The minimum absolute atomic E-state index is 0.0492. The van der Waals surface area contributed by atoms with Crippen molar-refractivity contribution < 1.29 is 23.1 Å². The molecule has 114 valence electrons. The summed E-state index contributed by atoms with van der Waals surface area (Å²) in [4.78, 5) is 26.9. The average molecular weight is 327 g/mol. The Morgan fingerprint density at radius 2 is 1.95 bits per heavy atom. The van der Waals surface area contributed by atoms with Crippen LogP contribution in [0.25, 0.3) is 0 Å². The Balaban J connectivity index is 1.88. The summed E-state index contributed by atoms with van der Waals surface area (Å²) in [6.45, 7) is -0.583. The minimum Gasteiger partial charge on any atom is -0.452 e.